The van der Waals surface area contributed by atoms with Gasteiger partial charge in [-0.1, -0.05) is 61.9 Å². The number of carboxylic acid groups (broad SMARTS) is 1. The molecule has 0 fully saturated rings. The molecule has 8 nitrogen and oxygen atoms in total. The fraction of sp³-hybridized carbons (Fsp3) is 0.423. The molecule has 2 aromatic carbocycles. The summed E-state index contributed by atoms with van der Waals surface area (Å²) in [5, 5.41) is 14.7. The average molecular weight is 469 g/mol. The summed E-state index contributed by atoms with van der Waals surface area (Å²) in [7, 11) is 1.37. The molecule has 2 aromatic rings. The van der Waals surface area contributed by atoms with Gasteiger partial charge in [0.1, 0.15) is 6.61 Å². The van der Waals surface area contributed by atoms with Crippen LogP contribution in [0.5, 0.6) is 0 Å². The Labute approximate surface area is 199 Å². The van der Waals surface area contributed by atoms with E-state index in [0.29, 0.717) is 6.42 Å². The zero-order chi connectivity index (χ0) is 24.7. The van der Waals surface area contributed by atoms with Crippen LogP contribution in [0.1, 0.15) is 50.2 Å². The van der Waals surface area contributed by atoms with E-state index in [-0.39, 0.29) is 25.6 Å². The number of carbonyl (C=O) groups excluding carboxylic acids is 2. The van der Waals surface area contributed by atoms with Gasteiger partial charge in [0.05, 0.1) is 6.61 Å². The Balaban J connectivity index is 1.60. The number of ether oxygens (including phenoxy) is 2. The highest BCUT2D eigenvalue weighted by atomic mass is 16.5. The van der Waals surface area contributed by atoms with Gasteiger partial charge in [-0.3, -0.25) is 4.79 Å². The molecule has 0 radical (unpaired) electrons. The van der Waals surface area contributed by atoms with Gasteiger partial charge >= 0.3 is 12.1 Å². The van der Waals surface area contributed by atoms with Gasteiger partial charge in [0.25, 0.3) is 0 Å². The highest BCUT2D eigenvalue weighted by Crippen LogP contribution is 2.44. The van der Waals surface area contributed by atoms with Gasteiger partial charge in [-0.15, -0.1) is 0 Å². The van der Waals surface area contributed by atoms with Crippen molar-refractivity contribution in [2.75, 3.05) is 20.3 Å². The van der Waals surface area contributed by atoms with Crippen molar-refractivity contribution < 1.29 is 29.0 Å². The number of amides is 2. The van der Waals surface area contributed by atoms with E-state index < -0.39 is 29.6 Å². The van der Waals surface area contributed by atoms with Crippen LogP contribution in [0.2, 0.25) is 0 Å². The molecule has 0 saturated heterocycles. The summed E-state index contributed by atoms with van der Waals surface area (Å²) in [5.74, 6) is -1.74. The van der Waals surface area contributed by atoms with Crippen molar-refractivity contribution in [2.24, 2.45) is 0 Å². The molecule has 1 aliphatic carbocycles. The number of carboxylic acids is 1. The highest BCUT2D eigenvalue weighted by molar-refractivity contribution is 5.87. The van der Waals surface area contributed by atoms with Crippen molar-refractivity contribution in [3.8, 4) is 11.1 Å². The lowest BCUT2D eigenvalue weighted by Crippen LogP contribution is -2.56. The third-order valence-corrected chi connectivity index (χ3v) is 6.05. The second kappa shape index (κ2) is 11.2. The fourth-order valence-corrected chi connectivity index (χ4v) is 4.40. The van der Waals surface area contributed by atoms with Crippen LogP contribution in [0.25, 0.3) is 11.1 Å². The smallest absolute Gasteiger partial charge is 0.407 e. The van der Waals surface area contributed by atoms with Crippen molar-refractivity contribution in [2.45, 2.75) is 50.6 Å². The van der Waals surface area contributed by atoms with Crippen molar-refractivity contribution >= 4 is 18.0 Å². The minimum atomic E-state index is -1.55. The number of hydrogen-bond acceptors (Lipinski definition) is 5. The predicted octanol–water partition coefficient (Wildman–Crippen LogP) is 3.69. The normalized spacial score (nSPS) is 14.9. The van der Waals surface area contributed by atoms with Gasteiger partial charge in [-0.05, 0) is 35.6 Å². The number of nitrogens with one attached hydrogen (secondary N) is 2. The van der Waals surface area contributed by atoms with Gasteiger partial charge in [-0.2, -0.15) is 0 Å². The number of methoxy groups -OCH3 is 1. The lowest BCUT2D eigenvalue weighted by Gasteiger charge is -2.26. The number of aliphatic carboxylic acids is 1. The van der Waals surface area contributed by atoms with E-state index in [1.807, 2.05) is 43.3 Å². The third kappa shape index (κ3) is 5.75. The minimum absolute atomic E-state index is 0.0589. The Morgan fingerprint density at radius 3 is 2.18 bits per heavy atom. The molecule has 2 amide bonds. The quantitative estimate of drug-likeness (QED) is 0.464. The Kier molecular flexibility index (Phi) is 8.28. The SMILES string of the molecule is CCCC(CC(=O)NC(C)(COC)C(=O)O)NC(=O)OCC1c2ccccc2-c2ccccc21. The molecular formula is C26H32N2O6. The summed E-state index contributed by atoms with van der Waals surface area (Å²) < 4.78 is 10.5. The van der Waals surface area contributed by atoms with E-state index in [1.54, 1.807) is 0 Å². The Bertz CT molecular complexity index is 994. The molecule has 8 heteroatoms. The largest absolute Gasteiger partial charge is 0.479 e. The second-order valence-electron chi connectivity index (χ2n) is 8.78. The maximum atomic E-state index is 12.6. The number of rotatable bonds is 11. The van der Waals surface area contributed by atoms with E-state index in [4.69, 9.17) is 9.47 Å². The summed E-state index contributed by atoms with van der Waals surface area (Å²) in [4.78, 5) is 36.7. The fourth-order valence-electron chi connectivity index (χ4n) is 4.40. The molecule has 3 rings (SSSR count). The average Bonchev–Trinajstić information content (AvgIpc) is 3.11. The number of carbonyl (C=O) groups is 3. The van der Waals surface area contributed by atoms with Crippen LogP contribution >= 0.6 is 0 Å². The molecule has 1 aliphatic rings. The summed E-state index contributed by atoms with van der Waals surface area (Å²) in [6.07, 6.45) is 0.609. The topological polar surface area (TPSA) is 114 Å². The lowest BCUT2D eigenvalue weighted by atomic mass is 9.98. The first-order chi connectivity index (χ1) is 16.3. The Morgan fingerprint density at radius 2 is 1.65 bits per heavy atom. The van der Waals surface area contributed by atoms with Crippen LogP contribution in [0, 0.1) is 0 Å². The molecular weight excluding hydrogens is 436 g/mol. The van der Waals surface area contributed by atoms with Crippen LogP contribution in [0.15, 0.2) is 48.5 Å². The zero-order valence-corrected chi connectivity index (χ0v) is 19.8. The van der Waals surface area contributed by atoms with Gasteiger partial charge in [-0.25, -0.2) is 9.59 Å². The number of alkyl carbamates (subject to hydrolysis) is 1. The van der Waals surface area contributed by atoms with E-state index >= 15 is 0 Å². The lowest BCUT2D eigenvalue weighted by molar-refractivity contribution is -0.149. The molecule has 34 heavy (non-hydrogen) atoms. The summed E-state index contributed by atoms with van der Waals surface area (Å²) in [6.45, 7) is 3.32. The standard InChI is InChI=1S/C26H32N2O6/c1-4-9-17(14-23(29)28-26(2,16-33-3)24(30)31)27-25(32)34-15-22-20-12-7-5-10-18(20)19-11-6-8-13-21(19)22/h5-8,10-13,17,22H,4,9,14-16H2,1-3H3,(H,27,32)(H,28,29)(H,30,31). The summed E-state index contributed by atoms with van der Waals surface area (Å²) >= 11 is 0. The van der Waals surface area contributed by atoms with Crippen LogP contribution in [0.3, 0.4) is 0 Å². The number of benzene rings is 2. The maximum Gasteiger partial charge on any atom is 0.407 e. The van der Waals surface area contributed by atoms with Crippen molar-refractivity contribution in [3.63, 3.8) is 0 Å². The van der Waals surface area contributed by atoms with E-state index in [9.17, 15) is 19.5 Å². The Hall–Kier alpha value is -3.39. The van der Waals surface area contributed by atoms with Gasteiger partial charge in [0, 0.05) is 25.5 Å². The first-order valence-electron chi connectivity index (χ1n) is 11.4. The van der Waals surface area contributed by atoms with Gasteiger partial charge in [0.2, 0.25) is 5.91 Å². The van der Waals surface area contributed by atoms with E-state index in [0.717, 1.165) is 28.7 Å². The van der Waals surface area contributed by atoms with Crippen LogP contribution < -0.4 is 10.6 Å². The van der Waals surface area contributed by atoms with Crippen LogP contribution in [-0.2, 0) is 19.1 Å². The summed E-state index contributed by atoms with van der Waals surface area (Å²) in [6, 6.07) is 15.7. The molecule has 0 saturated carbocycles. The first kappa shape index (κ1) is 25.2. The molecule has 2 unspecified atom stereocenters. The number of hydrogen-bond donors (Lipinski definition) is 3. The Morgan fingerprint density at radius 1 is 1.06 bits per heavy atom. The molecule has 0 aliphatic heterocycles. The molecule has 182 valence electrons. The first-order valence-corrected chi connectivity index (χ1v) is 11.4. The summed E-state index contributed by atoms with van der Waals surface area (Å²) in [5.41, 5.74) is 2.97. The second-order valence-corrected chi connectivity index (χ2v) is 8.78. The van der Waals surface area contributed by atoms with Crippen LogP contribution in [0.4, 0.5) is 4.79 Å². The molecule has 3 N–H and O–H groups in total. The molecule has 0 spiro atoms. The molecule has 2 atom stereocenters. The number of fused-ring (bicyclic) bond motifs is 3. The van der Waals surface area contributed by atoms with Crippen molar-refractivity contribution in [1.82, 2.24) is 10.6 Å². The van der Waals surface area contributed by atoms with E-state index in [2.05, 4.69) is 22.8 Å². The van der Waals surface area contributed by atoms with Crippen molar-refractivity contribution in [1.29, 1.82) is 0 Å². The molecule has 0 aromatic heterocycles. The zero-order valence-electron chi connectivity index (χ0n) is 19.8. The predicted molar refractivity (Wildman–Crippen MR) is 128 cm³/mol. The third-order valence-electron chi connectivity index (χ3n) is 6.05. The molecule has 0 heterocycles. The van der Waals surface area contributed by atoms with Gasteiger partial charge < -0.3 is 25.2 Å². The van der Waals surface area contributed by atoms with E-state index in [1.165, 1.54) is 14.0 Å². The maximum absolute atomic E-state index is 12.6. The van der Waals surface area contributed by atoms with Crippen LogP contribution in [-0.4, -0.2) is 55.0 Å². The molecule has 0 bridgehead atoms. The monoisotopic (exact) mass is 468 g/mol. The highest BCUT2D eigenvalue weighted by Gasteiger charge is 2.35. The van der Waals surface area contributed by atoms with Gasteiger partial charge in [0.15, 0.2) is 5.54 Å². The minimum Gasteiger partial charge on any atom is -0.479 e. The van der Waals surface area contributed by atoms with Crippen molar-refractivity contribution in [3.05, 3.63) is 59.7 Å².